The largest absolute Gasteiger partial charge is 0.424 e. The summed E-state index contributed by atoms with van der Waals surface area (Å²) >= 11 is 0. The monoisotopic (exact) mass is 234 g/mol. The predicted molar refractivity (Wildman–Crippen MR) is 74.3 cm³/mol. The summed E-state index contributed by atoms with van der Waals surface area (Å²) in [4.78, 5) is 0. The predicted octanol–water partition coefficient (Wildman–Crippen LogP) is 3.41. The van der Waals surface area contributed by atoms with E-state index in [1.807, 2.05) is 6.07 Å². The van der Waals surface area contributed by atoms with E-state index in [4.69, 9.17) is 4.43 Å². The molecule has 0 spiro atoms. The summed E-state index contributed by atoms with van der Waals surface area (Å²) in [6, 6.07) is 11.7. The first-order chi connectivity index (χ1) is 7.93. The zero-order chi connectivity index (χ0) is 11.5. The van der Waals surface area contributed by atoms with Crippen LogP contribution in [0.2, 0.25) is 6.04 Å². The second kappa shape index (κ2) is 9.37. The third-order valence-corrected chi connectivity index (χ3v) is 3.80. The molecule has 0 unspecified atom stereocenters. The Morgan fingerprint density at radius 3 is 2.81 bits per heavy atom. The Morgan fingerprint density at radius 1 is 1.25 bits per heavy atom. The Bertz CT molecular complexity index is 282. The molecule has 1 nitrogen and oxygen atoms in total. The van der Waals surface area contributed by atoms with Crippen LogP contribution in [0.15, 0.2) is 36.4 Å². The van der Waals surface area contributed by atoms with Gasteiger partial charge in [-0.1, -0.05) is 62.2 Å². The van der Waals surface area contributed by atoms with Crippen molar-refractivity contribution in [3.05, 3.63) is 42.0 Å². The maximum Gasteiger partial charge on any atom is 0.161 e. The SMILES string of the molecule is CCCC[SiH2]OCCC=Cc1ccccc1. The lowest BCUT2D eigenvalue weighted by molar-refractivity contribution is 0.342. The van der Waals surface area contributed by atoms with E-state index >= 15 is 0 Å². The van der Waals surface area contributed by atoms with Gasteiger partial charge in [-0.15, -0.1) is 0 Å². The van der Waals surface area contributed by atoms with Crippen LogP contribution in [0, 0.1) is 0 Å². The summed E-state index contributed by atoms with van der Waals surface area (Å²) in [7, 11) is -0.224. The van der Waals surface area contributed by atoms with Crippen molar-refractivity contribution in [2.45, 2.75) is 32.2 Å². The molecule has 0 bridgehead atoms. The molecule has 16 heavy (non-hydrogen) atoms. The van der Waals surface area contributed by atoms with Crippen LogP contribution in [0.1, 0.15) is 31.7 Å². The summed E-state index contributed by atoms with van der Waals surface area (Å²) in [5.41, 5.74) is 1.27. The first-order valence-electron chi connectivity index (χ1n) is 6.23. The lowest BCUT2D eigenvalue weighted by Gasteiger charge is -2.00. The van der Waals surface area contributed by atoms with Crippen LogP contribution < -0.4 is 0 Å². The van der Waals surface area contributed by atoms with E-state index in [0.29, 0.717) is 0 Å². The van der Waals surface area contributed by atoms with Crippen molar-refractivity contribution >= 4 is 15.8 Å². The average Bonchev–Trinajstić information content (AvgIpc) is 2.34. The molecule has 0 aliphatic rings. The van der Waals surface area contributed by atoms with Gasteiger partial charge < -0.3 is 4.43 Å². The zero-order valence-electron chi connectivity index (χ0n) is 10.2. The fourth-order valence-electron chi connectivity index (χ4n) is 1.49. The maximum atomic E-state index is 5.66. The lowest BCUT2D eigenvalue weighted by atomic mass is 10.2. The summed E-state index contributed by atoms with van der Waals surface area (Å²) < 4.78 is 5.66. The number of unbranched alkanes of at least 4 members (excludes halogenated alkanes) is 1. The molecule has 0 saturated heterocycles. The van der Waals surface area contributed by atoms with Gasteiger partial charge in [0.1, 0.15) is 0 Å². The summed E-state index contributed by atoms with van der Waals surface area (Å²) in [5, 5.41) is 0. The van der Waals surface area contributed by atoms with Crippen LogP contribution in [-0.2, 0) is 4.43 Å². The molecule has 1 aromatic carbocycles. The second-order valence-electron chi connectivity index (χ2n) is 3.92. The van der Waals surface area contributed by atoms with Crippen molar-refractivity contribution in [3.63, 3.8) is 0 Å². The van der Waals surface area contributed by atoms with Gasteiger partial charge in [-0.05, 0) is 18.0 Å². The Hall–Kier alpha value is -0.863. The molecule has 0 N–H and O–H groups in total. The highest BCUT2D eigenvalue weighted by molar-refractivity contribution is 6.26. The fourth-order valence-corrected chi connectivity index (χ4v) is 2.77. The minimum atomic E-state index is -0.224. The van der Waals surface area contributed by atoms with Crippen LogP contribution in [0.5, 0.6) is 0 Å². The zero-order valence-corrected chi connectivity index (χ0v) is 11.6. The van der Waals surface area contributed by atoms with Crippen LogP contribution in [-0.4, -0.2) is 16.4 Å². The third kappa shape index (κ3) is 6.59. The minimum Gasteiger partial charge on any atom is -0.424 e. The molecular formula is C14H22OSi. The Balaban J connectivity index is 2.01. The summed E-state index contributed by atoms with van der Waals surface area (Å²) in [6.07, 6.45) is 8.03. The molecule has 2 heteroatoms. The van der Waals surface area contributed by atoms with Crippen molar-refractivity contribution in [2.75, 3.05) is 6.61 Å². The molecule has 0 saturated carbocycles. The van der Waals surface area contributed by atoms with Crippen molar-refractivity contribution in [3.8, 4) is 0 Å². The quantitative estimate of drug-likeness (QED) is 0.495. The van der Waals surface area contributed by atoms with E-state index < -0.39 is 0 Å². The fraction of sp³-hybridized carbons (Fsp3) is 0.429. The van der Waals surface area contributed by atoms with Gasteiger partial charge in [0.15, 0.2) is 9.76 Å². The number of hydrogen-bond acceptors (Lipinski definition) is 1. The maximum absolute atomic E-state index is 5.66. The number of rotatable bonds is 8. The topological polar surface area (TPSA) is 9.23 Å². The van der Waals surface area contributed by atoms with Crippen molar-refractivity contribution in [1.82, 2.24) is 0 Å². The van der Waals surface area contributed by atoms with Gasteiger partial charge in [-0.2, -0.15) is 0 Å². The van der Waals surface area contributed by atoms with E-state index in [1.165, 1.54) is 24.4 Å². The molecule has 88 valence electrons. The highest BCUT2D eigenvalue weighted by Gasteiger charge is 1.88. The van der Waals surface area contributed by atoms with Gasteiger partial charge in [0.25, 0.3) is 0 Å². The smallest absolute Gasteiger partial charge is 0.161 e. The molecular weight excluding hydrogens is 212 g/mol. The lowest BCUT2D eigenvalue weighted by Crippen LogP contribution is -1.98. The van der Waals surface area contributed by atoms with Crippen molar-refractivity contribution in [1.29, 1.82) is 0 Å². The van der Waals surface area contributed by atoms with Gasteiger partial charge in [-0.3, -0.25) is 0 Å². The standard InChI is InChI=1S/C14H22OSi/c1-2-3-13-16-15-12-8-7-11-14-9-5-4-6-10-14/h4-7,9-11H,2-3,8,12-13,16H2,1H3. The molecule has 1 aromatic rings. The molecule has 0 aliphatic heterocycles. The van der Waals surface area contributed by atoms with Crippen LogP contribution in [0.3, 0.4) is 0 Å². The Kier molecular flexibility index (Phi) is 7.73. The first-order valence-corrected chi connectivity index (χ1v) is 7.80. The molecule has 0 fully saturated rings. The van der Waals surface area contributed by atoms with Crippen LogP contribution in [0.4, 0.5) is 0 Å². The van der Waals surface area contributed by atoms with Crippen LogP contribution in [0.25, 0.3) is 6.08 Å². The molecule has 1 rings (SSSR count). The molecule has 0 heterocycles. The number of hydrogen-bond donors (Lipinski definition) is 0. The van der Waals surface area contributed by atoms with Gasteiger partial charge in [0, 0.05) is 6.61 Å². The summed E-state index contributed by atoms with van der Waals surface area (Å²) in [5.74, 6) is 0. The van der Waals surface area contributed by atoms with Crippen LogP contribution >= 0.6 is 0 Å². The van der Waals surface area contributed by atoms with E-state index in [2.05, 4.69) is 43.3 Å². The summed E-state index contributed by atoms with van der Waals surface area (Å²) in [6.45, 7) is 3.14. The van der Waals surface area contributed by atoms with Crippen molar-refractivity contribution in [2.24, 2.45) is 0 Å². The normalized spacial score (nSPS) is 11.8. The molecule has 0 amide bonds. The molecule has 0 radical (unpaired) electrons. The highest BCUT2D eigenvalue weighted by atomic mass is 28.2. The van der Waals surface area contributed by atoms with E-state index in [1.54, 1.807) is 0 Å². The van der Waals surface area contributed by atoms with Gasteiger partial charge in [-0.25, -0.2) is 0 Å². The Labute approximate surface area is 101 Å². The molecule has 0 aromatic heterocycles. The van der Waals surface area contributed by atoms with E-state index in [0.717, 1.165) is 13.0 Å². The molecule has 0 atom stereocenters. The average molecular weight is 234 g/mol. The first kappa shape index (κ1) is 13.2. The van der Waals surface area contributed by atoms with Gasteiger partial charge in [0.2, 0.25) is 0 Å². The van der Waals surface area contributed by atoms with Crippen molar-refractivity contribution < 1.29 is 4.43 Å². The minimum absolute atomic E-state index is 0.224. The van der Waals surface area contributed by atoms with E-state index in [-0.39, 0.29) is 9.76 Å². The third-order valence-electron chi connectivity index (χ3n) is 2.43. The molecule has 0 aliphatic carbocycles. The Morgan fingerprint density at radius 2 is 2.06 bits per heavy atom. The second-order valence-corrected chi connectivity index (χ2v) is 5.44. The number of benzene rings is 1. The van der Waals surface area contributed by atoms with Gasteiger partial charge >= 0.3 is 0 Å². The van der Waals surface area contributed by atoms with E-state index in [9.17, 15) is 0 Å². The van der Waals surface area contributed by atoms with Gasteiger partial charge in [0.05, 0.1) is 0 Å². The highest BCUT2D eigenvalue weighted by Crippen LogP contribution is 2.02.